The third kappa shape index (κ3) is 4.20. The lowest BCUT2D eigenvalue weighted by Gasteiger charge is -2.13. The largest absolute Gasteiger partial charge is 0.483 e. The van der Waals surface area contributed by atoms with Crippen molar-refractivity contribution in [2.24, 2.45) is 0 Å². The molecule has 5 heteroatoms. The first-order chi connectivity index (χ1) is 7.49. The summed E-state index contributed by atoms with van der Waals surface area (Å²) in [5.74, 6) is 0.483. The molecule has 0 aliphatic heterocycles. The molecule has 1 aromatic rings. The summed E-state index contributed by atoms with van der Waals surface area (Å²) in [4.78, 5) is 11.3. The number of nitrogens with one attached hydrogen (secondary N) is 1. The number of carbonyl (C=O) groups excluding carboxylic acids is 1. The number of aryl methyl sites for hydroxylation is 1. The van der Waals surface area contributed by atoms with Crippen molar-refractivity contribution >= 4 is 21.8 Å². The molecule has 0 unspecified atom stereocenters. The van der Waals surface area contributed by atoms with Crippen molar-refractivity contribution < 1.29 is 9.53 Å². The van der Waals surface area contributed by atoms with E-state index >= 15 is 0 Å². The summed E-state index contributed by atoms with van der Waals surface area (Å²) in [6, 6.07) is 5.71. The number of hydrogen-bond donors (Lipinski definition) is 1. The molecular formula is C11H15BrN2O2. The summed E-state index contributed by atoms with van der Waals surface area (Å²) >= 11 is 3.38. The number of rotatable bonds is 4. The topological polar surface area (TPSA) is 41.6 Å². The van der Waals surface area contributed by atoms with Crippen LogP contribution in [0.1, 0.15) is 5.56 Å². The monoisotopic (exact) mass is 286 g/mol. The minimum Gasteiger partial charge on any atom is -0.483 e. The van der Waals surface area contributed by atoms with E-state index in [4.69, 9.17) is 4.74 Å². The summed E-state index contributed by atoms with van der Waals surface area (Å²) < 4.78 is 6.22. The van der Waals surface area contributed by atoms with Gasteiger partial charge >= 0.3 is 0 Å². The van der Waals surface area contributed by atoms with E-state index in [-0.39, 0.29) is 12.5 Å². The maximum absolute atomic E-state index is 11.3. The van der Waals surface area contributed by atoms with Gasteiger partial charge in [-0.2, -0.15) is 0 Å². The highest BCUT2D eigenvalue weighted by atomic mass is 79.9. The molecule has 0 heterocycles. The molecule has 0 fully saturated rings. The number of amides is 1. The van der Waals surface area contributed by atoms with Gasteiger partial charge in [-0.25, -0.2) is 5.01 Å². The Morgan fingerprint density at radius 1 is 1.50 bits per heavy atom. The molecule has 0 bridgehead atoms. The lowest BCUT2D eigenvalue weighted by atomic mass is 10.2. The second-order valence-corrected chi connectivity index (χ2v) is 4.51. The first-order valence-electron chi connectivity index (χ1n) is 4.85. The Balaban J connectivity index is 2.51. The first-order valence-corrected chi connectivity index (χ1v) is 5.64. The van der Waals surface area contributed by atoms with Crippen LogP contribution in [0.2, 0.25) is 0 Å². The van der Waals surface area contributed by atoms with Crippen molar-refractivity contribution in [1.82, 2.24) is 10.4 Å². The quantitative estimate of drug-likeness (QED) is 0.857. The molecule has 1 aromatic carbocycles. The predicted molar refractivity (Wildman–Crippen MR) is 66.2 cm³/mol. The highest BCUT2D eigenvalue weighted by Gasteiger charge is 2.05. The Bertz CT molecular complexity index is 380. The van der Waals surface area contributed by atoms with E-state index in [1.807, 2.05) is 25.1 Å². The SMILES string of the molecule is Cc1ccc(OCC(=O)NN(C)C)c(Br)c1. The van der Waals surface area contributed by atoms with Gasteiger partial charge in [-0.1, -0.05) is 6.07 Å². The molecule has 0 aliphatic carbocycles. The minimum atomic E-state index is -0.183. The molecule has 4 nitrogen and oxygen atoms in total. The number of hydrogen-bond acceptors (Lipinski definition) is 3. The Hall–Kier alpha value is -1.07. The van der Waals surface area contributed by atoms with E-state index in [0.717, 1.165) is 10.0 Å². The van der Waals surface area contributed by atoms with E-state index < -0.39 is 0 Å². The molecule has 0 saturated carbocycles. The summed E-state index contributed by atoms with van der Waals surface area (Å²) in [6.45, 7) is 1.99. The number of halogens is 1. The van der Waals surface area contributed by atoms with Gasteiger partial charge in [0.15, 0.2) is 6.61 Å². The van der Waals surface area contributed by atoms with Gasteiger partial charge in [0, 0.05) is 14.1 Å². The number of hydrazine groups is 1. The maximum atomic E-state index is 11.3. The molecule has 0 radical (unpaired) electrons. The Morgan fingerprint density at radius 2 is 2.19 bits per heavy atom. The maximum Gasteiger partial charge on any atom is 0.272 e. The summed E-state index contributed by atoms with van der Waals surface area (Å²) in [6.07, 6.45) is 0. The zero-order valence-corrected chi connectivity index (χ0v) is 11.2. The van der Waals surface area contributed by atoms with Crippen molar-refractivity contribution in [2.75, 3.05) is 20.7 Å². The zero-order chi connectivity index (χ0) is 12.1. The normalized spacial score (nSPS) is 10.3. The Morgan fingerprint density at radius 3 is 2.75 bits per heavy atom. The lowest BCUT2D eigenvalue weighted by Crippen LogP contribution is -2.39. The first kappa shape index (κ1) is 13.0. The third-order valence-corrected chi connectivity index (χ3v) is 2.41. The lowest BCUT2D eigenvalue weighted by molar-refractivity contribution is -0.126. The second-order valence-electron chi connectivity index (χ2n) is 3.65. The van der Waals surface area contributed by atoms with Crippen LogP contribution in [-0.2, 0) is 4.79 Å². The molecule has 0 aromatic heterocycles. The fourth-order valence-electron chi connectivity index (χ4n) is 1.15. The molecular weight excluding hydrogens is 272 g/mol. The van der Waals surface area contributed by atoms with E-state index in [9.17, 15) is 4.79 Å². The zero-order valence-electron chi connectivity index (χ0n) is 9.58. The van der Waals surface area contributed by atoms with Crippen molar-refractivity contribution in [3.05, 3.63) is 28.2 Å². The third-order valence-electron chi connectivity index (χ3n) is 1.79. The highest BCUT2D eigenvalue weighted by Crippen LogP contribution is 2.25. The van der Waals surface area contributed by atoms with Gasteiger partial charge in [0.2, 0.25) is 0 Å². The Kier molecular flexibility index (Phi) is 4.76. The standard InChI is InChI=1S/C11H15BrN2O2/c1-8-4-5-10(9(12)6-8)16-7-11(15)13-14(2)3/h4-6H,7H2,1-3H3,(H,13,15). The molecule has 0 saturated heterocycles. The van der Waals surface area contributed by atoms with E-state index in [1.54, 1.807) is 19.1 Å². The van der Waals surface area contributed by atoms with Crippen LogP contribution < -0.4 is 10.2 Å². The van der Waals surface area contributed by atoms with Crippen LogP contribution in [0.4, 0.5) is 0 Å². The highest BCUT2D eigenvalue weighted by molar-refractivity contribution is 9.10. The number of nitrogens with zero attached hydrogens (tertiary/aromatic N) is 1. The molecule has 0 spiro atoms. The molecule has 1 amide bonds. The van der Waals surface area contributed by atoms with Crippen LogP contribution >= 0.6 is 15.9 Å². The molecule has 16 heavy (non-hydrogen) atoms. The van der Waals surface area contributed by atoms with Gasteiger partial charge in [0.05, 0.1) is 4.47 Å². The second kappa shape index (κ2) is 5.86. The number of ether oxygens (including phenoxy) is 1. The minimum absolute atomic E-state index is 0.000158. The van der Waals surface area contributed by atoms with Gasteiger partial charge in [-0.15, -0.1) is 0 Å². The van der Waals surface area contributed by atoms with Crippen LogP contribution in [-0.4, -0.2) is 31.6 Å². The van der Waals surface area contributed by atoms with E-state index in [2.05, 4.69) is 21.4 Å². The average Bonchev–Trinajstić information content (AvgIpc) is 2.15. The smallest absolute Gasteiger partial charge is 0.272 e. The van der Waals surface area contributed by atoms with Gasteiger partial charge in [-0.3, -0.25) is 10.2 Å². The fraction of sp³-hybridized carbons (Fsp3) is 0.364. The van der Waals surface area contributed by atoms with Crippen LogP contribution in [0.15, 0.2) is 22.7 Å². The number of carbonyl (C=O) groups is 1. The summed E-state index contributed by atoms with van der Waals surface area (Å²) in [5.41, 5.74) is 3.73. The van der Waals surface area contributed by atoms with Crippen LogP contribution in [0.25, 0.3) is 0 Å². The van der Waals surface area contributed by atoms with E-state index in [0.29, 0.717) is 5.75 Å². The molecule has 0 atom stereocenters. The van der Waals surface area contributed by atoms with Crippen LogP contribution in [0, 0.1) is 6.92 Å². The van der Waals surface area contributed by atoms with Crippen molar-refractivity contribution in [1.29, 1.82) is 0 Å². The number of benzene rings is 1. The fourth-order valence-corrected chi connectivity index (χ4v) is 1.76. The van der Waals surface area contributed by atoms with Crippen molar-refractivity contribution in [2.45, 2.75) is 6.92 Å². The summed E-state index contributed by atoms with van der Waals surface area (Å²) in [7, 11) is 3.50. The van der Waals surface area contributed by atoms with Gasteiger partial charge < -0.3 is 4.74 Å². The van der Waals surface area contributed by atoms with Crippen molar-refractivity contribution in [3.63, 3.8) is 0 Å². The van der Waals surface area contributed by atoms with Gasteiger partial charge in [0.25, 0.3) is 5.91 Å². The summed E-state index contributed by atoms with van der Waals surface area (Å²) in [5, 5.41) is 1.58. The average molecular weight is 287 g/mol. The molecule has 0 aliphatic rings. The van der Waals surface area contributed by atoms with Crippen LogP contribution in [0.5, 0.6) is 5.75 Å². The van der Waals surface area contributed by atoms with Crippen LogP contribution in [0.3, 0.4) is 0 Å². The van der Waals surface area contributed by atoms with Gasteiger partial charge in [0.1, 0.15) is 5.75 Å². The predicted octanol–water partition coefficient (Wildman–Crippen LogP) is 1.73. The molecule has 88 valence electrons. The van der Waals surface area contributed by atoms with E-state index in [1.165, 1.54) is 0 Å². The van der Waals surface area contributed by atoms with Gasteiger partial charge in [-0.05, 0) is 40.5 Å². The molecule has 1 N–H and O–H groups in total. The van der Waals surface area contributed by atoms with Crippen molar-refractivity contribution in [3.8, 4) is 5.75 Å². The molecule has 1 rings (SSSR count). The Labute approximate surface area is 104 Å².